The summed E-state index contributed by atoms with van der Waals surface area (Å²) in [5.74, 6) is -0.520. The summed E-state index contributed by atoms with van der Waals surface area (Å²) in [6, 6.07) is 3.07. The molecule has 0 spiro atoms. The van der Waals surface area contributed by atoms with Crippen molar-refractivity contribution in [3.63, 3.8) is 0 Å². The molecule has 0 aliphatic carbocycles. The molecule has 0 heterocycles. The van der Waals surface area contributed by atoms with E-state index in [0.717, 1.165) is 0 Å². The standard InChI is InChI=1S/C14H22N2O4/c1-8-10(14(19)20-3)6-9(7-11(8)15)13(18)12(17)4-5-16-2/h6-7,12-13,16-18H,4-5,15H2,1-3H3. The molecule has 0 saturated carbocycles. The van der Waals surface area contributed by atoms with E-state index in [1.165, 1.54) is 13.2 Å². The number of anilines is 1. The van der Waals surface area contributed by atoms with Crippen molar-refractivity contribution in [3.8, 4) is 0 Å². The average molecular weight is 282 g/mol. The number of carbonyl (C=O) groups excluding carboxylic acids is 1. The average Bonchev–Trinajstić information content (AvgIpc) is 2.45. The first kappa shape index (κ1) is 16.4. The van der Waals surface area contributed by atoms with Gasteiger partial charge in [-0.15, -0.1) is 0 Å². The fourth-order valence-electron chi connectivity index (χ4n) is 1.92. The summed E-state index contributed by atoms with van der Waals surface area (Å²) < 4.78 is 4.68. The maximum atomic E-state index is 11.7. The van der Waals surface area contributed by atoms with Gasteiger partial charge in [0, 0.05) is 5.69 Å². The summed E-state index contributed by atoms with van der Waals surface area (Å²) >= 11 is 0. The van der Waals surface area contributed by atoms with E-state index in [-0.39, 0.29) is 0 Å². The molecule has 0 radical (unpaired) electrons. The van der Waals surface area contributed by atoms with Crippen molar-refractivity contribution in [2.75, 3.05) is 26.4 Å². The number of benzene rings is 1. The Morgan fingerprint density at radius 2 is 2.10 bits per heavy atom. The third kappa shape index (κ3) is 3.69. The van der Waals surface area contributed by atoms with Gasteiger partial charge in [0.1, 0.15) is 6.10 Å². The quantitative estimate of drug-likeness (QED) is 0.444. The predicted octanol–water partition coefficient (Wildman–Crippen LogP) is 0.368. The Balaban J connectivity index is 3.06. The lowest BCUT2D eigenvalue weighted by Gasteiger charge is -2.20. The van der Waals surface area contributed by atoms with Crippen molar-refractivity contribution < 1.29 is 19.7 Å². The second-order valence-corrected chi connectivity index (χ2v) is 4.68. The summed E-state index contributed by atoms with van der Waals surface area (Å²) in [5.41, 5.74) is 7.51. The number of hydrogen-bond donors (Lipinski definition) is 4. The lowest BCUT2D eigenvalue weighted by molar-refractivity contribution is 0.0139. The minimum Gasteiger partial charge on any atom is -0.465 e. The minimum absolute atomic E-state index is 0.294. The van der Waals surface area contributed by atoms with Crippen molar-refractivity contribution in [1.29, 1.82) is 0 Å². The number of hydrogen-bond acceptors (Lipinski definition) is 6. The van der Waals surface area contributed by atoms with Crippen LogP contribution in [0.4, 0.5) is 5.69 Å². The van der Waals surface area contributed by atoms with Gasteiger partial charge in [-0.05, 0) is 50.2 Å². The van der Waals surface area contributed by atoms with E-state index >= 15 is 0 Å². The second-order valence-electron chi connectivity index (χ2n) is 4.68. The van der Waals surface area contributed by atoms with Crippen LogP contribution in [0.25, 0.3) is 0 Å². The number of nitrogens with two attached hydrogens (primary N) is 1. The number of nitrogen functional groups attached to an aromatic ring is 1. The van der Waals surface area contributed by atoms with E-state index in [4.69, 9.17) is 5.73 Å². The first-order valence-corrected chi connectivity index (χ1v) is 6.41. The van der Waals surface area contributed by atoms with E-state index in [0.29, 0.717) is 35.3 Å². The Bertz CT molecular complexity index is 476. The zero-order chi connectivity index (χ0) is 15.3. The van der Waals surface area contributed by atoms with Crippen LogP contribution in [-0.2, 0) is 4.74 Å². The molecule has 0 fully saturated rings. The first-order chi connectivity index (χ1) is 9.42. The number of aliphatic hydroxyl groups is 2. The number of nitrogens with one attached hydrogen (secondary N) is 1. The van der Waals surface area contributed by atoms with Gasteiger partial charge in [-0.25, -0.2) is 4.79 Å². The molecule has 1 aromatic carbocycles. The number of esters is 1. The summed E-state index contributed by atoms with van der Waals surface area (Å²) in [4.78, 5) is 11.7. The Labute approximate surface area is 118 Å². The molecule has 6 heteroatoms. The second kappa shape index (κ2) is 7.23. The highest BCUT2D eigenvalue weighted by molar-refractivity contribution is 5.92. The van der Waals surface area contributed by atoms with Crippen molar-refractivity contribution in [1.82, 2.24) is 5.32 Å². The third-order valence-electron chi connectivity index (χ3n) is 3.27. The monoisotopic (exact) mass is 282 g/mol. The van der Waals surface area contributed by atoms with E-state index in [2.05, 4.69) is 10.1 Å². The molecule has 0 aliphatic rings. The third-order valence-corrected chi connectivity index (χ3v) is 3.27. The first-order valence-electron chi connectivity index (χ1n) is 6.41. The van der Waals surface area contributed by atoms with Crippen molar-refractivity contribution in [3.05, 3.63) is 28.8 Å². The molecule has 0 bridgehead atoms. The molecule has 112 valence electrons. The molecule has 1 aromatic rings. The maximum Gasteiger partial charge on any atom is 0.338 e. The number of rotatable bonds is 6. The van der Waals surface area contributed by atoms with Crippen LogP contribution in [0.2, 0.25) is 0 Å². The molecule has 20 heavy (non-hydrogen) atoms. The molecule has 2 atom stereocenters. The van der Waals surface area contributed by atoms with Gasteiger partial charge < -0.3 is 26.0 Å². The maximum absolute atomic E-state index is 11.7. The largest absolute Gasteiger partial charge is 0.465 e. The summed E-state index contributed by atoms with van der Waals surface area (Å²) in [7, 11) is 3.04. The molecule has 2 unspecified atom stereocenters. The zero-order valence-corrected chi connectivity index (χ0v) is 12.0. The minimum atomic E-state index is -1.10. The normalized spacial score (nSPS) is 13.8. The van der Waals surface area contributed by atoms with Crippen LogP contribution in [0.15, 0.2) is 12.1 Å². The molecule has 1 rings (SSSR count). The Kier molecular flexibility index (Phi) is 5.94. The highest BCUT2D eigenvalue weighted by Crippen LogP contribution is 2.26. The van der Waals surface area contributed by atoms with Gasteiger partial charge in [0.05, 0.1) is 18.8 Å². The van der Waals surface area contributed by atoms with Crippen LogP contribution >= 0.6 is 0 Å². The van der Waals surface area contributed by atoms with Gasteiger partial charge in [0.15, 0.2) is 0 Å². The highest BCUT2D eigenvalue weighted by atomic mass is 16.5. The fourth-order valence-corrected chi connectivity index (χ4v) is 1.92. The molecular formula is C14H22N2O4. The van der Waals surface area contributed by atoms with Crippen molar-refractivity contribution in [2.24, 2.45) is 0 Å². The molecule has 6 nitrogen and oxygen atoms in total. The van der Waals surface area contributed by atoms with E-state index in [9.17, 15) is 15.0 Å². The lowest BCUT2D eigenvalue weighted by Crippen LogP contribution is -2.23. The Morgan fingerprint density at radius 3 is 2.65 bits per heavy atom. The van der Waals surface area contributed by atoms with E-state index < -0.39 is 18.2 Å². The molecule has 5 N–H and O–H groups in total. The van der Waals surface area contributed by atoms with E-state index in [1.807, 2.05) is 0 Å². The van der Waals surface area contributed by atoms with Crippen molar-refractivity contribution in [2.45, 2.75) is 25.6 Å². The van der Waals surface area contributed by atoms with Gasteiger partial charge >= 0.3 is 5.97 Å². The molecular weight excluding hydrogens is 260 g/mol. The number of carbonyl (C=O) groups is 1. The molecule has 0 aromatic heterocycles. The van der Waals surface area contributed by atoms with E-state index in [1.54, 1.807) is 20.0 Å². The molecule has 0 amide bonds. The van der Waals surface area contributed by atoms with Crippen LogP contribution in [0.5, 0.6) is 0 Å². The summed E-state index contributed by atoms with van der Waals surface area (Å²) in [6.07, 6.45) is -1.65. The Morgan fingerprint density at radius 1 is 1.45 bits per heavy atom. The zero-order valence-electron chi connectivity index (χ0n) is 12.0. The molecule has 0 saturated heterocycles. The highest BCUT2D eigenvalue weighted by Gasteiger charge is 2.21. The topological polar surface area (TPSA) is 105 Å². The van der Waals surface area contributed by atoms with Gasteiger partial charge in [-0.2, -0.15) is 0 Å². The number of methoxy groups -OCH3 is 1. The van der Waals surface area contributed by atoms with Gasteiger partial charge in [-0.3, -0.25) is 0 Å². The van der Waals surface area contributed by atoms with Crippen LogP contribution in [-0.4, -0.2) is 43.0 Å². The predicted molar refractivity (Wildman–Crippen MR) is 76.4 cm³/mol. The van der Waals surface area contributed by atoms with Gasteiger partial charge in [-0.1, -0.05) is 0 Å². The number of aliphatic hydroxyl groups excluding tert-OH is 2. The van der Waals surface area contributed by atoms with Crippen LogP contribution in [0.3, 0.4) is 0 Å². The molecule has 0 aliphatic heterocycles. The van der Waals surface area contributed by atoms with Gasteiger partial charge in [0.2, 0.25) is 0 Å². The number of ether oxygens (including phenoxy) is 1. The van der Waals surface area contributed by atoms with Crippen LogP contribution < -0.4 is 11.1 Å². The lowest BCUT2D eigenvalue weighted by atomic mass is 9.96. The van der Waals surface area contributed by atoms with Crippen molar-refractivity contribution >= 4 is 11.7 Å². The summed E-state index contributed by atoms with van der Waals surface area (Å²) in [6.45, 7) is 2.28. The SMILES string of the molecule is CNCCC(O)C(O)c1cc(N)c(C)c(C(=O)OC)c1. The summed E-state index contributed by atoms with van der Waals surface area (Å²) in [5, 5.41) is 22.9. The Hall–Kier alpha value is -1.63. The fraction of sp³-hybridized carbons (Fsp3) is 0.500. The smallest absolute Gasteiger partial charge is 0.338 e. The van der Waals surface area contributed by atoms with Crippen LogP contribution in [0, 0.1) is 6.92 Å². The van der Waals surface area contributed by atoms with Crippen LogP contribution in [0.1, 0.15) is 34.0 Å². The van der Waals surface area contributed by atoms with Gasteiger partial charge in [0.25, 0.3) is 0 Å².